The highest BCUT2D eigenvalue weighted by Crippen LogP contribution is 2.25. The third kappa shape index (κ3) is 3.07. The Morgan fingerprint density at radius 2 is 1.96 bits per heavy atom. The third-order valence-corrected chi connectivity index (χ3v) is 6.04. The predicted octanol–water partition coefficient (Wildman–Crippen LogP) is 2.99. The van der Waals surface area contributed by atoms with Crippen LogP contribution >= 0.6 is 11.6 Å². The lowest BCUT2D eigenvalue weighted by atomic mass is 10.1. The molecular weight excluding hydrogens is 348 g/mol. The number of hydrogen-bond acceptors (Lipinski definition) is 3. The van der Waals surface area contributed by atoms with Crippen molar-refractivity contribution in [2.24, 2.45) is 0 Å². The molecule has 0 aliphatic heterocycles. The Balaban J connectivity index is 1.80. The van der Waals surface area contributed by atoms with Gasteiger partial charge in [-0.2, -0.15) is 5.10 Å². The van der Waals surface area contributed by atoms with Gasteiger partial charge in [0.2, 0.25) is 10.0 Å². The Morgan fingerprint density at radius 3 is 2.62 bits per heavy atom. The second-order valence-corrected chi connectivity index (χ2v) is 7.97. The fourth-order valence-corrected chi connectivity index (χ4v) is 4.57. The van der Waals surface area contributed by atoms with Crippen molar-refractivity contribution in [1.29, 1.82) is 0 Å². The maximum atomic E-state index is 12.5. The molecule has 3 rings (SSSR count). The SMILES string of the molecule is Cc1n[nH]c(C)c1S(=O)(=O)NCCc1c(C)[nH]c2ccc(Cl)cc12. The van der Waals surface area contributed by atoms with E-state index < -0.39 is 10.0 Å². The van der Waals surface area contributed by atoms with Gasteiger partial charge in [0, 0.05) is 28.2 Å². The van der Waals surface area contributed by atoms with Crippen molar-refractivity contribution in [2.45, 2.75) is 32.1 Å². The van der Waals surface area contributed by atoms with Crippen LogP contribution in [-0.2, 0) is 16.4 Å². The van der Waals surface area contributed by atoms with Crippen LogP contribution in [0.1, 0.15) is 22.6 Å². The lowest BCUT2D eigenvalue weighted by Gasteiger charge is -2.07. The highest BCUT2D eigenvalue weighted by atomic mass is 35.5. The quantitative estimate of drug-likeness (QED) is 0.648. The van der Waals surface area contributed by atoms with Gasteiger partial charge in [0.15, 0.2) is 0 Å². The number of aromatic amines is 2. The summed E-state index contributed by atoms with van der Waals surface area (Å²) in [5.74, 6) is 0. The van der Waals surface area contributed by atoms with Gasteiger partial charge in [0.05, 0.1) is 11.4 Å². The van der Waals surface area contributed by atoms with Gasteiger partial charge in [0.1, 0.15) is 4.90 Å². The first kappa shape index (κ1) is 17.0. The van der Waals surface area contributed by atoms with Gasteiger partial charge in [0.25, 0.3) is 0 Å². The number of halogens is 1. The molecule has 0 radical (unpaired) electrons. The van der Waals surface area contributed by atoms with Crippen molar-refractivity contribution in [2.75, 3.05) is 6.54 Å². The molecule has 1 aromatic carbocycles. The molecule has 3 aromatic rings. The first-order valence-corrected chi connectivity index (χ1v) is 9.43. The Labute approximate surface area is 145 Å². The Morgan fingerprint density at radius 1 is 1.21 bits per heavy atom. The van der Waals surface area contributed by atoms with Crippen LogP contribution in [0.25, 0.3) is 10.9 Å². The van der Waals surface area contributed by atoms with Crippen molar-refractivity contribution < 1.29 is 8.42 Å². The molecule has 0 amide bonds. The van der Waals surface area contributed by atoms with E-state index in [4.69, 9.17) is 11.6 Å². The first-order valence-electron chi connectivity index (χ1n) is 7.57. The number of rotatable bonds is 5. The standard InChI is InChI=1S/C16H19ClN4O2S/c1-9-13(14-8-12(17)4-5-15(14)19-9)6-7-18-24(22,23)16-10(2)20-21-11(16)3/h4-5,8,18-19H,6-7H2,1-3H3,(H,20,21). The van der Waals surface area contributed by atoms with E-state index in [1.165, 1.54) is 0 Å². The van der Waals surface area contributed by atoms with E-state index in [1.807, 2.05) is 25.1 Å². The molecule has 0 aliphatic carbocycles. The second-order valence-electron chi connectivity index (χ2n) is 5.83. The predicted molar refractivity (Wildman–Crippen MR) is 95.0 cm³/mol. The fraction of sp³-hybridized carbons (Fsp3) is 0.312. The van der Waals surface area contributed by atoms with Crippen LogP contribution in [0.4, 0.5) is 0 Å². The van der Waals surface area contributed by atoms with Gasteiger partial charge >= 0.3 is 0 Å². The summed E-state index contributed by atoms with van der Waals surface area (Å²) < 4.78 is 27.6. The summed E-state index contributed by atoms with van der Waals surface area (Å²) in [6.07, 6.45) is 0.571. The summed E-state index contributed by atoms with van der Waals surface area (Å²) in [6.45, 7) is 5.64. The molecule has 6 nitrogen and oxygen atoms in total. The van der Waals surface area contributed by atoms with Crippen molar-refractivity contribution in [3.8, 4) is 0 Å². The summed E-state index contributed by atoms with van der Waals surface area (Å²) >= 11 is 6.07. The van der Waals surface area contributed by atoms with Gasteiger partial charge in [-0.05, 0) is 51.0 Å². The summed E-state index contributed by atoms with van der Waals surface area (Å²) in [6, 6.07) is 5.65. The maximum Gasteiger partial charge on any atom is 0.244 e. The number of aromatic nitrogens is 3. The van der Waals surface area contributed by atoms with E-state index in [0.717, 1.165) is 22.2 Å². The molecule has 0 saturated heterocycles. The molecule has 2 heterocycles. The molecule has 0 fully saturated rings. The number of H-pyrrole nitrogens is 2. The summed E-state index contributed by atoms with van der Waals surface area (Å²) in [7, 11) is -3.59. The number of benzene rings is 1. The summed E-state index contributed by atoms with van der Waals surface area (Å²) in [5.41, 5.74) is 4.08. The average Bonchev–Trinajstić information content (AvgIpc) is 2.99. The zero-order chi connectivity index (χ0) is 17.5. The van der Waals surface area contributed by atoms with Gasteiger partial charge in [-0.1, -0.05) is 11.6 Å². The van der Waals surface area contributed by atoms with Crippen molar-refractivity contribution in [1.82, 2.24) is 19.9 Å². The van der Waals surface area contributed by atoms with E-state index in [1.54, 1.807) is 13.8 Å². The minimum absolute atomic E-state index is 0.223. The zero-order valence-electron chi connectivity index (χ0n) is 13.7. The van der Waals surface area contributed by atoms with Crippen molar-refractivity contribution in [3.63, 3.8) is 0 Å². The first-order chi connectivity index (χ1) is 11.3. The van der Waals surface area contributed by atoms with Crippen LogP contribution in [-0.4, -0.2) is 30.1 Å². The highest BCUT2D eigenvalue weighted by molar-refractivity contribution is 7.89. The number of nitrogens with zero attached hydrogens (tertiary/aromatic N) is 1. The lowest BCUT2D eigenvalue weighted by Crippen LogP contribution is -2.27. The van der Waals surface area contributed by atoms with Crippen molar-refractivity contribution >= 4 is 32.5 Å². The highest BCUT2D eigenvalue weighted by Gasteiger charge is 2.22. The van der Waals surface area contributed by atoms with Gasteiger partial charge in [-0.15, -0.1) is 0 Å². The Hall–Kier alpha value is -1.83. The van der Waals surface area contributed by atoms with E-state index in [9.17, 15) is 8.42 Å². The maximum absolute atomic E-state index is 12.5. The minimum atomic E-state index is -3.59. The van der Waals surface area contributed by atoms with Crippen LogP contribution < -0.4 is 4.72 Å². The smallest absolute Gasteiger partial charge is 0.244 e. The summed E-state index contributed by atoms with van der Waals surface area (Å²) in [5, 5.41) is 8.32. The van der Waals surface area contributed by atoms with Gasteiger partial charge in [-0.25, -0.2) is 13.1 Å². The Bertz CT molecular complexity index is 985. The molecule has 0 bridgehead atoms. The largest absolute Gasteiger partial charge is 0.358 e. The van der Waals surface area contributed by atoms with E-state index >= 15 is 0 Å². The molecule has 0 saturated carbocycles. The molecule has 2 aromatic heterocycles. The van der Waals surface area contributed by atoms with Crippen molar-refractivity contribution in [3.05, 3.63) is 45.9 Å². The number of nitrogens with one attached hydrogen (secondary N) is 3. The monoisotopic (exact) mass is 366 g/mol. The van der Waals surface area contributed by atoms with E-state index in [0.29, 0.717) is 29.4 Å². The van der Waals surface area contributed by atoms with E-state index in [-0.39, 0.29) is 4.90 Å². The molecule has 0 spiro atoms. The molecule has 0 atom stereocenters. The second kappa shape index (κ2) is 6.23. The molecule has 3 N–H and O–H groups in total. The van der Waals surface area contributed by atoms with E-state index in [2.05, 4.69) is 19.9 Å². The fourth-order valence-electron chi connectivity index (χ4n) is 3.00. The topological polar surface area (TPSA) is 90.6 Å². The number of aryl methyl sites for hydroxylation is 3. The van der Waals surface area contributed by atoms with Crippen LogP contribution in [0.2, 0.25) is 5.02 Å². The molecule has 128 valence electrons. The number of fused-ring (bicyclic) bond motifs is 1. The van der Waals surface area contributed by atoms with Crippen LogP contribution in [0.5, 0.6) is 0 Å². The molecular formula is C16H19ClN4O2S. The Kier molecular flexibility index (Phi) is 4.42. The lowest BCUT2D eigenvalue weighted by molar-refractivity contribution is 0.580. The normalized spacial score (nSPS) is 12.2. The minimum Gasteiger partial charge on any atom is -0.358 e. The zero-order valence-corrected chi connectivity index (χ0v) is 15.3. The summed E-state index contributed by atoms with van der Waals surface area (Å²) in [4.78, 5) is 3.52. The average molecular weight is 367 g/mol. The number of sulfonamides is 1. The number of hydrogen-bond donors (Lipinski definition) is 3. The molecule has 24 heavy (non-hydrogen) atoms. The van der Waals surface area contributed by atoms with Crippen LogP contribution in [0.3, 0.4) is 0 Å². The molecule has 0 unspecified atom stereocenters. The molecule has 0 aliphatic rings. The molecule has 8 heteroatoms. The van der Waals surface area contributed by atoms with Gasteiger partial charge < -0.3 is 4.98 Å². The third-order valence-electron chi connectivity index (χ3n) is 4.08. The van der Waals surface area contributed by atoms with Crippen LogP contribution in [0, 0.1) is 20.8 Å². The van der Waals surface area contributed by atoms with Gasteiger partial charge in [-0.3, -0.25) is 5.10 Å². The van der Waals surface area contributed by atoms with Crippen LogP contribution in [0.15, 0.2) is 23.1 Å².